The maximum Gasteiger partial charge on any atom is 0.407 e. The fourth-order valence-electron chi connectivity index (χ4n) is 7.23. The van der Waals surface area contributed by atoms with Gasteiger partial charge in [-0.2, -0.15) is 0 Å². The number of ether oxygens (including phenoxy) is 2. The molecule has 0 unspecified atom stereocenters. The second-order valence-electron chi connectivity index (χ2n) is 14.6. The van der Waals surface area contributed by atoms with Crippen LogP contribution in [-0.4, -0.2) is 93.1 Å². The summed E-state index contributed by atoms with van der Waals surface area (Å²) < 4.78 is 9.50. The van der Waals surface area contributed by atoms with Crippen LogP contribution in [0, 0.1) is 11.8 Å². The zero-order valence-corrected chi connectivity index (χ0v) is 32.9. The van der Waals surface area contributed by atoms with E-state index < -0.39 is 24.3 Å². The number of likely N-dealkylation sites (tertiary alicyclic amines) is 2. The molecule has 2 fully saturated rings. The minimum absolute atomic E-state index is 0.101. The van der Waals surface area contributed by atoms with E-state index in [-0.39, 0.29) is 35.7 Å². The van der Waals surface area contributed by atoms with Crippen molar-refractivity contribution < 1.29 is 28.7 Å². The van der Waals surface area contributed by atoms with E-state index in [2.05, 4.69) is 79.1 Å². The standard InChI is InChI=1S/C40H50N8O6S/c1-23(2)33(45-39(51)53-5)37(49)47-19-7-9-31(47)35-41-21-29(43-35)25-11-15-27(16-12-25)55-28-17-13-26(14-18-28)30-22-42-36(44-30)32-10-8-20-48(32)38(50)34(24(3)4)46-40(52)54-6/h11-18,21-24,31-34H,7-10,19-20H2,1-6H3,(H,41,43)(H,42,44)(H,45,51)(H,46,52)/t31-,32-,33-,34-/m0/s1. The topological polar surface area (TPSA) is 175 Å². The van der Waals surface area contributed by atoms with Crippen LogP contribution < -0.4 is 10.6 Å². The summed E-state index contributed by atoms with van der Waals surface area (Å²) in [6, 6.07) is 14.8. The van der Waals surface area contributed by atoms with E-state index in [1.54, 1.807) is 24.2 Å². The van der Waals surface area contributed by atoms with Gasteiger partial charge in [0, 0.05) is 22.9 Å². The summed E-state index contributed by atoms with van der Waals surface area (Å²) in [5.74, 6) is 0.977. The Morgan fingerprint density at radius 1 is 0.673 bits per heavy atom. The smallest absolute Gasteiger partial charge is 0.407 e. The van der Waals surface area contributed by atoms with Gasteiger partial charge in [-0.15, -0.1) is 0 Å². The second kappa shape index (κ2) is 17.4. The predicted octanol–water partition coefficient (Wildman–Crippen LogP) is 6.71. The maximum atomic E-state index is 13.5. The normalized spacial score (nSPS) is 18.0. The van der Waals surface area contributed by atoms with Crippen LogP contribution in [0.2, 0.25) is 0 Å². The summed E-state index contributed by atoms with van der Waals surface area (Å²) in [7, 11) is 2.58. The number of H-pyrrole nitrogens is 2. The third kappa shape index (κ3) is 8.98. The van der Waals surface area contributed by atoms with E-state index in [0.29, 0.717) is 13.1 Å². The summed E-state index contributed by atoms with van der Waals surface area (Å²) in [6.07, 6.45) is 5.64. The highest BCUT2D eigenvalue weighted by atomic mass is 32.2. The van der Waals surface area contributed by atoms with Gasteiger partial charge in [0.25, 0.3) is 0 Å². The largest absolute Gasteiger partial charge is 0.453 e. The molecule has 14 nitrogen and oxygen atoms in total. The highest BCUT2D eigenvalue weighted by molar-refractivity contribution is 7.99. The van der Waals surface area contributed by atoms with Gasteiger partial charge in [-0.05, 0) is 72.9 Å². The summed E-state index contributed by atoms with van der Waals surface area (Å²) in [5, 5.41) is 5.38. The molecule has 4 N–H and O–H groups in total. The molecule has 2 aliphatic rings. The summed E-state index contributed by atoms with van der Waals surface area (Å²) in [5.41, 5.74) is 3.70. The summed E-state index contributed by atoms with van der Waals surface area (Å²) in [6.45, 7) is 8.80. The number of alkyl carbamates (subject to hydrolysis) is 2. The van der Waals surface area contributed by atoms with Gasteiger partial charge in [-0.1, -0.05) is 63.7 Å². The van der Waals surface area contributed by atoms with Crippen molar-refractivity contribution in [2.75, 3.05) is 27.3 Å². The van der Waals surface area contributed by atoms with E-state index in [0.717, 1.165) is 69.6 Å². The van der Waals surface area contributed by atoms with Gasteiger partial charge in [0.15, 0.2) is 0 Å². The number of carbonyl (C=O) groups excluding carboxylic acids is 4. The monoisotopic (exact) mass is 770 g/mol. The third-order valence-electron chi connectivity index (χ3n) is 10.2. The number of nitrogens with zero attached hydrogens (tertiary/aromatic N) is 4. The lowest BCUT2D eigenvalue weighted by Gasteiger charge is -2.30. The minimum atomic E-state index is -0.684. The number of hydrogen-bond acceptors (Lipinski definition) is 9. The number of amides is 4. The number of imidazole rings is 2. The van der Waals surface area contributed by atoms with Crippen molar-refractivity contribution >= 4 is 35.8 Å². The molecule has 15 heteroatoms. The van der Waals surface area contributed by atoms with Crippen molar-refractivity contribution in [3.63, 3.8) is 0 Å². The molecule has 0 spiro atoms. The molecule has 4 aromatic rings. The van der Waals surface area contributed by atoms with Gasteiger partial charge in [-0.3, -0.25) is 9.59 Å². The van der Waals surface area contributed by atoms with Crippen molar-refractivity contribution in [2.24, 2.45) is 11.8 Å². The van der Waals surface area contributed by atoms with Crippen LogP contribution in [0.15, 0.2) is 70.7 Å². The van der Waals surface area contributed by atoms with Crippen LogP contribution in [-0.2, 0) is 19.1 Å². The Hall–Kier alpha value is -5.31. The first kappa shape index (κ1) is 39.4. The quantitative estimate of drug-likeness (QED) is 0.122. The van der Waals surface area contributed by atoms with Gasteiger partial charge in [0.1, 0.15) is 23.7 Å². The highest BCUT2D eigenvalue weighted by Gasteiger charge is 2.39. The van der Waals surface area contributed by atoms with Crippen LogP contribution >= 0.6 is 11.8 Å². The van der Waals surface area contributed by atoms with Crippen LogP contribution in [0.1, 0.15) is 77.1 Å². The molecule has 2 aromatic carbocycles. The number of carbonyl (C=O) groups is 4. The van der Waals surface area contributed by atoms with E-state index in [4.69, 9.17) is 9.47 Å². The molecule has 2 aromatic heterocycles. The van der Waals surface area contributed by atoms with Crippen LogP contribution in [0.3, 0.4) is 0 Å². The molecular formula is C40H50N8O6S. The van der Waals surface area contributed by atoms with Crippen LogP contribution in [0.5, 0.6) is 0 Å². The molecule has 0 aliphatic carbocycles. The van der Waals surface area contributed by atoms with E-state index in [9.17, 15) is 19.2 Å². The van der Waals surface area contributed by atoms with Gasteiger partial charge in [0.2, 0.25) is 11.8 Å². The van der Waals surface area contributed by atoms with Gasteiger partial charge in [0.05, 0.1) is 50.1 Å². The number of aromatic amines is 2. The lowest BCUT2D eigenvalue weighted by atomic mass is 10.0. The Bertz CT molecular complexity index is 1820. The number of aromatic nitrogens is 4. The van der Waals surface area contributed by atoms with Crippen molar-refractivity contribution in [2.45, 2.75) is 87.3 Å². The molecule has 2 saturated heterocycles. The number of methoxy groups -OCH3 is 2. The van der Waals surface area contributed by atoms with Gasteiger partial charge < -0.3 is 39.9 Å². The number of nitrogens with one attached hydrogen (secondary N) is 4. The lowest BCUT2D eigenvalue weighted by Crippen LogP contribution is -2.51. The summed E-state index contributed by atoms with van der Waals surface area (Å²) in [4.78, 5) is 72.9. The lowest BCUT2D eigenvalue weighted by molar-refractivity contribution is -0.136. The van der Waals surface area contributed by atoms with Crippen molar-refractivity contribution in [3.8, 4) is 22.5 Å². The number of benzene rings is 2. The molecule has 0 saturated carbocycles. The third-order valence-corrected chi connectivity index (χ3v) is 11.3. The molecule has 4 heterocycles. The fourth-order valence-corrected chi connectivity index (χ4v) is 8.05. The molecule has 292 valence electrons. The average molecular weight is 771 g/mol. The fraction of sp³-hybridized carbons (Fsp3) is 0.450. The van der Waals surface area contributed by atoms with E-state index in [1.165, 1.54) is 14.2 Å². The molecule has 2 aliphatic heterocycles. The molecular weight excluding hydrogens is 721 g/mol. The van der Waals surface area contributed by atoms with Gasteiger partial charge in [-0.25, -0.2) is 19.6 Å². The molecule has 55 heavy (non-hydrogen) atoms. The first-order valence-corrected chi connectivity index (χ1v) is 19.6. The van der Waals surface area contributed by atoms with Crippen molar-refractivity contribution in [1.29, 1.82) is 0 Å². The van der Waals surface area contributed by atoms with E-state index in [1.807, 2.05) is 37.5 Å². The zero-order valence-electron chi connectivity index (χ0n) is 32.1. The van der Waals surface area contributed by atoms with Gasteiger partial charge >= 0.3 is 12.2 Å². The molecule has 4 atom stereocenters. The minimum Gasteiger partial charge on any atom is -0.453 e. The Kier molecular flexibility index (Phi) is 12.5. The summed E-state index contributed by atoms with van der Waals surface area (Å²) >= 11 is 1.66. The van der Waals surface area contributed by atoms with Crippen molar-refractivity contribution in [1.82, 2.24) is 40.4 Å². The average Bonchev–Trinajstić information content (AvgIpc) is 4.02. The van der Waals surface area contributed by atoms with Crippen LogP contribution in [0.4, 0.5) is 9.59 Å². The number of rotatable bonds is 12. The Morgan fingerprint density at radius 2 is 1.05 bits per heavy atom. The SMILES string of the molecule is COC(=O)N[C@H](C(=O)N1CCC[C@H]1c1ncc(-c2ccc(Sc3ccc(-c4cnc([C@@H]5CCCN5C(=O)[C@@H](NC(=O)OC)C(C)C)[nH]4)cc3)cc2)[nH]1)C(C)C. The zero-order chi connectivity index (χ0) is 39.2. The Balaban J connectivity index is 1.07. The van der Waals surface area contributed by atoms with E-state index >= 15 is 0 Å². The molecule has 6 rings (SSSR count). The van der Waals surface area contributed by atoms with Crippen molar-refractivity contribution in [3.05, 3.63) is 72.6 Å². The Labute approximate surface area is 325 Å². The Morgan fingerprint density at radius 3 is 1.40 bits per heavy atom. The molecule has 0 radical (unpaired) electrons. The maximum absolute atomic E-state index is 13.5. The first-order valence-electron chi connectivity index (χ1n) is 18.8. The number of hydrogen-bond donors (Lipinski definition) is 4. The first-order chi connectivity index (χ1) is 26.5. The highest BCUT2D eigenvalue weighted by Crippen LogP contribution is 2.36. The van der Waals surface area contributed by atoms with Crippen LogP contribution in [0.25, 0.3) is 22.5 Å². The predicted molar refractivity (Wildman–Crippen MR) is 208 cm³/mol. The molecule has 4 amide bonds. The second-order valence-corrected chi connectivity index (χ2v) is 15.8. The molecule has 0 bridgehead atoms.